The number of hydrogen-bond acceptors (Lipinski definition) is 7. The summed E-state index contributed by atoms with van der Waals surface area (Å²) in [5.74, 6) is 1.73. The smallest absolute Gasteiger partial charge is 0.270 e. The molecule has 6 rings (SSSR count). The van der Waals surface area contributed by atoms with Crippen LogP contribution in [0.5, 0.6) is 23.0 Å². The molecule has 2 aromatic carbocycles. The quantitative estimate of drug-likeness (QED) is 0.740. The lowest BCUT2D eigenvalue weighted by Crippen LogP contribution is -2.56. The van der Waals surface area contributed by atoms with Crippen LogP contribution < -0.4 is 34.5 Å². The minimum absolute atomic E-state index is 0.120. The molecule has 0 aromatic heterocycles. The van der Waals surface area contributed by atoms with Crippen molar-refractivity contribution in [1.29, 1.82) is 0 Å². The van der Waals surface area contributed by atoms with Crippen molar-refractivity contribution in [3.05, 3.63) is 35.9 Å². The van der Waals surface area contributed by atoms with Crippen molar-refractivity contribution in [3.63, 3.8) is 0 Å². The summed E-state index contributed by atoms with van der Waals surface area (Å²) >= 11 is 0. The normalized spacial score (nSPS) is 24.4. The van der Waals surface area contributed by atoms with Gasteiger partial charge in [0.2, 0.25) is 11.6 Å². The van der Waals surface area contributed by atoms with Gasteiger partial charge < -0.3 is 24.3 Å². The average molecular weight is 451 g/mol. The van der Waals surface area contributed by atoms with E-state index in [1.165, 1.54) is 0 Å². The first-order chi connectivity index (χ1) is 16.0. The van der Waals surface area contributed by atoms with Gasteiger partial charge in [-0.1, -0.05) is 12.8 Å². The first kappa shape index (κ1) is 20.2. The van der Waals surface area contributed by atoms with Crippen molar-refractivity contribution in [2.75, 3.05) is 37.7 Å². The second kappa shape index (κ2) is 7.02. The number of ether oxygens (including phenoxy) is 4. The van der Waals surface area contributed by atoms with Gasteiger partial charge in [0.15, 0.2) is 23.0 Å². The number of benzene rings is 2. The first-order valence-electron chi connectivity index (χ1n) is 11.1. The van der Waals surface area contributed by atoms with Crippen LogP contribution in [0.4, 0.5) is 11.4 Å². The van der Waals surface area contributed by atoms with E-state index in [-0.39, 0.29) is 11.8 Å². The number of anilines is 2. The lowest BCUT2D eigenvalue weighted by atomic mass is 9.96. The molecule has 1 atom stereocenters. The molecular formula is C24H25N3O6. The maximum absolute atomic E-state index is 14.0. The Morgan fingerprint density at radius 1 is 0.939 bits per heavy atom. The Kier molecular flexibility index (Phi) is 4.29. The van der Waals surface area contributed by atoms with Crippen LogP contribution in [0.1, 0.15) is 31.2 Å². The third-order valence-electron chi connectivity index (χ3n) is 7.10. The zero-order valence-corrected chi connectivity index (χ0v) is 18.5. The van der Waals surface area contributed by atoms with Gasteiger partial charge in [-0.25, -0.2) is 0 Å². The van der Waals surface area contributed by atoms with Crippen molar-refractivity contribution >= 4 is 23.2 Å². The highest BCUT2D eigenvalue weighted by Gasteiger charge is 2.67. The van der Waals surface area contributed by atoms with Crippen LogP contribution in [0.15, 0.2) is 30.3 Å². The molecule has 0 bridgehead atoms. The van der Waals surface area contributed by atoms with E-state index in [1.54, 1.807) is 43.4 Å². The molecule has 2 N–H and O–H groups in total. The molecule has 4 aliphatic rings. The van der Waals surface area contributed by atoms with Gasteiger partial charge >= 0.3 is 0 Å². The number of hydrogen-bond donors (Lipinski definition) is 2. The Balaban J connectivity index is 1.57. The molecule has 1 saturated heterocycles. The lowest BCUT2D eigenvalue weighted by Gasteiger charge is -2.33. The van der Waals surface area contributed by atoms with Crippen LogP contribution in [0, 0.1) is 0 Å². The fraction of sp³-hybridized carbons (Fsp3) is 0.417. The summed E-state index contributed by atoms with van der Waals surface area (Å²) in [6.07, 6.45) is 3.18. The van der Waals surface area contributed by atoms with Crippen molar-refractivity contribution < 1.29 is 28.5 Å². The summed E-state index contributed by atoms with van der Waals surface area (Å²) in [5.41, 5.74) is -0.425. The van der Waals surface area contributed by atoms with Gasteiger partial charge in [-0.2, -0.15) is 0 Å². The number of nitrogens with one attached hydrogen (secondary N) is 2. The van der Waals surface area contributed by atoms with E-state index in [0.29, 0.717) is 66.0 Å². The zero-order chi connectivity index (χ0) is 22.8. The van der Waals surface area contributed by atoms with Crippen molar-refractivity contribution in [1.82, 2.24) is 5.32 Å². The number of amides is 2. The minimum atomic E-state index is -1.41. The number of carbonyl (C=O) groups is 2. The molecule has 2 aromatic rings. The van der Waals surface area contributed by atoms with Gasteiger partial charge in [-0.05, 0) is 31.0 Å². The van der Waals surface area contributed by atoms with Gasteiger partial charge in [-0.3, -0.25) is 19.8 Å². The van der Waals surface area contributed by atoms with Gasteiger partial charge in [0.25, 0.3) is 5.91 Å². The van der Waals surface area contributed by atoms with E-state index in [9.17, 15) is 9.59 Å². The van der Waals surface area contributed by atoms with Crippen molar-refractivity contribution in [2.45, 2.75) is 36.9 Å². The number of nitrogens with zero attached hydrogens (tertiary/aromatic N) is 1. The average Bonchev–Trinajstić information content (AvgIpc) is 3.49. The highest BCUT2D eigenvalue weighted by atomic mass is 16.6. The molecule has 2 spiro atoms. The highest BCUT2D eigenvalue weighted by Crippen LogP contribution is 2.53. The molecule has 1 unspecified atom stereocenters. The Morgan fingerprint density at radius 2 is 1.64 bits per heavy atom. The summed E-state index contributed by atoms with van der Waals surface area (Å²) in [7, 11) is 3.10. The summed E-state index contributed by atoms with van der Waals surface area (Å²) in [6.45, 7) is 0.873. The summed E-state index contributed by atoms with van der Waals surface area (Å²) in [6, 6.07) is 8.84. The van der Waals surface area contributed by atoms with E-state index in [0.717, 1.165) is 12.8 Å². The Bertz CT molecular complexity index is 1180. The van der Waals surface area contributed by atoms with Crippen LogP contribution in [0.25, 0.3) is 0 Å². The van der Waals surface area contributed by atoms with Crippen LogP contribution in [-0.2, 0) is 15.3 Å². The maximum atomic E-state index is 14.0. The molecular weight excluding hydrogens is 426 g/mol. The van der Waals surface area contributed by atoms with Gasteiger partial charge in [0.05, 0.1) is 25.6 Å². The molecule has 3 heterocycles. The first-order valence-corrected chi connectivity index (χ1v) is 11.1. The summed E-state index contributed by atoms with van der Waals surface area (Å²) in [4.78, 5) is 29.3. The van der Waals surface area contributed by atoms with Crippen molar-refractivity contribution in [3.8, 4) is 23.0 Å². The van der Waals surface area contributed by atoms with Gasteiger partial charge in [0, 0.05) is 17.7 Å². The minimum Gasteiger partial charge on any atom is -0.493 e. The molecule has 33 heavy (non-hydrogen) atoms. The third-order valence-corrected chi connectivity index (χ3v) is 7.10. The van der Waals surface area contributed by atoms with E-state index >= 15 is 0 Å². The SMILES string of the molecule is COc1ccc(N2C(=O)C3(CCCC3)NC23C(=O)Nc2cc4c(cc23)OCCO4)cc1OC. The Morgan fingerprint density at radius 3 is 2.33 bits per heavy atom. The summed E-state index contributed by atoms with van der Waals surface area (Å²) < 4.78 is 22.4. The topological polar surface area (TPSA) is 98.4 Å². The van der Waals surface area contributed by atoms with E-state index < -0.39 is 11.2 Å². The van der Waals surface area contributed by atoms with Gasteiger partial charge in [-0.15, -0.1) is 0 Å². The molecule has 2 fully saturated rings. The molecule has 1 aliphatic carbocycles. The molecule has 9 nitrogen and oxygen atoms in total. The molecule has 1 saturated carbocycles. The van der Waals surface area contributed by atoms with Crippen LogP contribution in [-0.4, -0.2) is 44.8 Å². The standard InChI is InChI=1S/C24H25N3O6/c1-30-17-6-5-14(11-18(17)31-2)27-22(29)23(7-3-4-8-23)26-24(27)15-12-19-20(33-10-9-32-19)13-16(15)25-21(24)28/h5-6,11-13,26H,3-4,7-10H2,1-2H3,(H,25,28). The Hall–Kier alpha value is -3.46. The predicted molar refractivity (Wildman–Crippen MR) is 119 cm³/mol. The Labute approximate surface area is 190 Å². The molecule has 2 amide bonds. The number of carbonyl (C=O) groups excluding carboxylic acids is 2. The lowest BCUT2D eigenvalue weighted by molar-refractivity contribution is -0.124. The maximum Gasteiger partial charge on any atom is 0.270 e. The van der Waals surface area contributed by atoms with Crippen molar-refractivity contribution in [2.24, 2.45) is 0 Å². The van der Waals surface area contributed by atoms with Crippen LogP contribution in [0.2, 0.25) is 0 Å². The monoisotopic (exact) mass is 451 g/mol. The number of rotatable bonds is 3. The predicted octanol–water partition coefficient (Wildman–Crippen LogP) is 2.53. The molecule has 0 radical (unpaired) electrons. The number of fused-ring (bicyclic) bond motifs is 3. The second-order valence-corrected chi connectivity index (χ2v) is 8.80. The third kappa shape index (κ3) is 2.62. The fourth-order valence-electron chi connectivity index (χ4n) is 5.59. The summed E-state index contributed by atoms with van der Waals surface area (Å²) in [5, 5.41) is 6.49. The molecule has 3 aliphatic heterocycles. The zero-order valence-electron chi connectivity index (χ0n) is 18.5. The molecule has 9 heteroatoms. The van der Waals surface area contributed by atoms with Gasteiger partial charge in [0.1, 0.15) is 18.8 Å². The largest absolute Gasteiger partial charge is 0.493 e. The van der Waals surface area contributed by atoms with E-state index in [4.69, 9.17) is 18.9 Å². The second-order valence-electron chi connectivity index (χ2n) is 8.80. The highest BCUT2D eigenvalue weighted by molar-refractivity contribution is 6.18. The fourth-order valence-corrected chi connectivity index (χ4v) is 5.59. The van der Waals surface area contributed by atoms with E-state index in [2.05, 4.69) is 10.6 Å². The van der Waals surface area contributed by atoms with E-state index in [1.807, 2.05) is 6.07 Å². The molecule has 172 valence electrons. The van der Waals surface area contributed by atoms with Crippen LogP contribution in [0.3, 0.4) is 0 Å². The van der Waals surface area contributed by atoms with Crippen LogP contribution >= 0.6 is 0 Å². The number of methoxy groups -OCH3 is 2.